The molecule has 1 heterocycles. The van der Waals surface area contributed by atoms with Crippen LogP contribution in [0.25, 0.3) is 0 Å². The molecule has 2 rings (SSSR count). The summed E-state index contributed by atoms with van der Waals surface area (Å²) in [5, 5.41) is 2.62. The van der Waals surface area contributed by atoms with Crippen molar-refractivity contribution in [3.05, 3.63) is 40.1 Å². The van der Waals surface area contributed by atoms with E-state index in [1.807, 2.05) is 13.8 Å². The van der Waals surface area contributed by atoms with E-state index >= 15 is 0 Å². The van der Waals surface area contributed by atoms with Crippen LogP contribution >= 0.6 is 15.9 Å². The summed E-state index contributed by atoms with van der Waals surface area (Å²) in [6.45, 7) is 3.81. The Kier molecular flexibility index (Phi) is 4.69. The SMILES string of the molecule is CC(C)c1nc(NN)cc(Nc2c(F)cc(Br)cc2F)n1. The number of hydrazine groups is 1. The quantitative estimate of drug-likeness (QED) is 0.574. The van der Waals surface area contributed by atoms with Gasteiger partial charge in [-0.1, -0.05) is 29.8 Å². The number of nitrogens with two attached hydrogens (primary N) is 1. The number of hydrogen-bond acceptors (Lipinski definition) is 5. The maximum absolute atomic E-state index is 13.8. The normalized spacial score (nSPS) is 10.8. The molecule has 0 aliphatic heterocycles. The van der Waals surface area contributed by atoms with E-state index in [1.54, 1.807) is 0 Å². The molecule has 0 atom stereocenters. The molecule has 112 valence electrons. The summed E-state index contributed by atoms with van der Waals surface area (Å²) in [4.78, 5) is 8.39. The summed E-state index contributed by atoms with van der Waals surface area (Å²) in [7, 11) is 0. The first-order valence-corrected chi connectivity index (χ1v) is 6.97. The van der Waals surface area contributed by atoms with Gasteiger partial charge in [-0.25, -0.2) is 24.6 Å². The van der Waals surface area contributed by atoms with Gasteiger partial charge in [0.1, 0.15) is 23.1 Å². The van der Waals surface area contributed by atoms with E-state index in [-0.39, 0.29) is 17.4 Å². The molecule has 0 aliphatic rings. The Morgan fingerprint density at radius 1 is 1.10 bits per heavy atom. The number of halogens is 3. The van der Waals surface area contributed by atoms with E-state index in [4.69, 9.17) is 5.84 Å². The van der Waals surface area contributed by atoms with Crippen LogP contribution in [0.1, 0.15) is 25.6 Å². The first-order chi connectivity index (χ1) is 9.90. The highest BCUT2D eigenvalue weighted by Gasteiger charge is 2.13. The fourth-order valence-electron chi connectivity index (χ4n) is 1.65. The standard InChI is InChI=1S/C13H14BrF2N5/c1-6(2)13-19-10(5-11(20-13)21-17)18-12-8(15)3-7(14)4-9(12)16/h3-6H,17H2,1-2H3,(H2,18,19,20,21). The van der Waals surface area contributed by atoms with Gasteiger partial charge >= 0.3 is 0 Å². The highest BCUT2D eigenvalue weighted by Crippen LogP contribution is 2.27. The lowest BCUT2D eigenvalue weighted by atomic mass is 10.2. The van der Waals surface area contributed by atoms with Crippen LogP contribution in [0.4, 0.5) is 26.1 Å². The Labute approximate surface area is 129 Å². The second-order valence-electron chi connectivity index (χ2n) is 4.67. The van der Waals surface area contributed by atoms with Gasteiger partial charge in [0, 0.05) is 16.5 Å². The Balaban J connectivity index is 2.42. The number of benzene rings is 1. The lowest BCUT2D eigenvalue weighted by Crippen LogP contribution is -2.12. The molecule has 0 spiro atoms. The summed E-state index contributed by atoms with van der Waals surface area (Å²) >= 11 is 3.03. The molecule has 0 radical (unpaired) electrons. The van der Waals surface area contributed by atoms with Gasteiger partial charge in [-0.2, -0.15) is 0 Å². The smallest absolute Gasteiger partial charge is 0.150 e. The van der Waals surface area contributed by atoms with Crippen LogP contribution in [-0.4, -0.2) is 9.97 Å². The summed E-state index contributed by atoms with van der Waals surface area (Å²) < 4.78 is 28.0. The maximum Gasteiger partial charge on any atom is 0.150 e. The zero-order chi connectivity index (χ0) is 15.6. The molecule has 5 nitrogen and oxygen atoms in total. The third-order valence-electron chi connectivity index (χ3n) is 2.67. The Bertz CT molecular complexity index is 640. The molecule has 0 bridgehead atoms. The van der Waals surface area contributed by atoms with Crippen LogP contribution < -0.4 is 16.6 Å². The molecule has 1 aromatic heterocycles. The molecular weight excluding hydrogens is 344 g/mol. The average molecular weight is 358 g/mol. The van der Waals surface area contributed by atoms with Crippen LogP contribution in [0.15, 0.2) is 22.7 Å². The van der Waals surface area contributed by atoms with Gasteiger partial charge in [-0.3, -0.25) is 0 Å². The molecule has 0 unspecified atom stereocenters. The lowest BCUT2D eigenvalue weighted by molar-refractivity contribution is 0.589. The van der Waals surface area contributed by atoms with E-state index in [0.717, 1.165) is 12.1 Å². The third kappa shape index (κ3) is 3.64. The van der Waals surface area contributed by atoms with Crippen LogP contribution in [0.3, 0.4) is 0 Å². The van der Waals surface area contributed by atoms with Crippen molar-refractivity contribution in [3.63, 3.8) is 0 Å². The van der Waals surface area contributed by atoms with Gasteiger partial charge in [-0.15, -0.1) is 0 Å². The summed E-state index contributed by atoms with van der Waals surface area (Å²) in [5.74, 6) is 5.04. The van der Waals surface area contributed by atoms with E-state index < -0.39 is 11.6 Å². The Morgan fingerprint density at radius 3 is 2.19 bits per heavy atom. The van der Waals surface area contributed by atoms with Gasteiger partial charge in [0.05, 0.1) is 0 Å². The van der Waals surface area contributed by atoms with Gasteiger partial charge in [0.15, 0.2) is 11.6 Å². The Hall–Kier alpha value is -1.80. The zero-order valence-electron chi connectivity index (χ0n) is 11.4. The Morgan fingerprint density at radius 2 is 1.67 bits per heavy atom. The number of rotatable bonds is 4. The molecule has 0 saturated heterocycles. The predicted molar refractivity (Wildman–Crippen MR) is 81.3 cm³/mol. The highest BCUT2D eigenvalue weighted by molar-refractivity contribution is 9.10. The number of nitrogen functional groups attached to an aromatic ring is 1. The molecule has 4 N–H and O–H groups in total. The lowest BCUT2D eigenvalue weighted by Gasteiger charge is -2.12. The molecule has 0 fully saturated rings. The fourth-order valence-corrected chi connectivity index (χ4v) is 2.05. The molecule has 0 saturated carbocycles. The zero-order valence-corrected chi connectivity index (χ0v) is 13.0. The van der Waals surface area contributed by atoms with Gasteiger partial charge in [0.25, 0.3) is 0 Å². The van der Waals surface area contributed by atoms with Crippen molar-refractivity contribution < 1.29 is 8.78 Å². The molecule has 8 heteroatoms. The van der Waals surface area contributed by atoms with Crippen LogP contribution in [0.5, 0.6) is 0 Å². The first kappa shape index (κ1) is 15.6. The van der Waals surface area contributed by atoms with Crippen LogP contribution in [-0.2, 0) is 0 Å². The molecule has 1 aromatic carbocycles. The predicted octanol–water partition coefficient (Wildman–Crippen LogP) is 3.67. The fraction of sp³-hybridized carbons (Fsp3) is 0.231. The molecule has 2 aromatic rings. The number of aromatic nitrogens is 2. The van der Waals surface area contributed by atoms with Crippen molar-refractivity contribution in [1.29, 1.82) is 0 Å². The maximum atomic E-state index is 13.8. The van der Waals surface area contributed by atoms with Crippen LogP contribution in [0, 0.1) is 11.6 Å². The van der Waals surface area contributed by atoms with Crippen molar-refractivity contribution in [3.8, 4) is 0 Å². The summed E-state index contributed by atoms with van der Waals surface area (Å²) in [6.07, 6.45) is 0. The third-order valence-corrected chi connectivity index (χ3v) is 3.13. The second-order valence-corrected chi connectivity index (χ2v) is 5.58. The monoisotopic (exact) mass is 357 g/mol. The minimum atomic E-state index is -0.728. The summed E-state index contributed by atoms with van der Waals surface area (Å²) in [5.41, 5.74) is 2.12. The van der Waals surface area contributed by atoms with Gasteiger partial charge < -0.3 is 10.7 Å². The largest absolute Gasteiger partial charge is 0.335 e. The van der Waals surface area contributed by atoms with E-state index in [9.17, 15) is 8.78 Å². The molecule has 21 heavy (non-hydrogen) atoms. The molecule has 0 aliphatic carbocycles. The van der Waals surface area contributed by atoms with Gasteiger partial charge in [-0.05, 0) is 12.1 Å². The number of nitrogens with one attached hydrogen (secondary N) is 2. The van der Waals surface area contributed by atoms with Gasteiger partial charge in [0.2, 0.25) is 0 Å². The number of nitrogens with zero attached hydrogens (tertiary/aromatic N) is 2. The minimum absolute atomic E-state index is 0.0402. The van der Waals surface area contributed by atoms with E-state index in [1.165, 1.54) is 6.07 Å². The van der Waals surface area contributed by atoms with Crippen molar-refractivity contribution in [2.45, 2.75) is 19.8 Å². The number of anilines is 3. The molecule has 0 amide bonds. The average Bonchev–Trinajstić information content (AvgIpc) is 2.42. The number of hydrogen-bond donors (Lipinski definition) is 3. The topological polar surface area (TPSA) is 75.9 Å². The highest BCUT2D eigenvalue weighted by atomic mass is 79.9. The molecular formula is C13H14BrF2N5. The first-order valence-electron chi connectivity index (χ1n) is 6.18. The van der Waals surface area contributed by atoms with Crippen LogP contribution in [0.2, 0.25) is 0 Å². The second kappa shape index (κ2) is 6.31. The van der Waals surface area contributed by atoms with Crippen molar-refractivity contribution in [2.75, 3.05) is 10.7 Å². The van der Waals surface area contributed by atoms with Crippen molar-refractivity contribution >= 4 is 33.3 Å². The van der Waals surface area contributed by atoms with E-state index in [0.29, 0.717) is 16.1 Å². The van der Waals surface area contributed by atoms with E-state index in [2.05, 4.69) is 36.6 Å². The van der Waals surface area contributed by atoms with Crippen molar-refractivity contribution in [1.82, 2.24) is 9.97 Å². The minimum Gasteiger partial charge on any atom is -0.335 e. The summed E-state index contributed by atoms with van der Waals surface area (Å²) in [6, 6.07) is 3.79. The van der Waals surface area contributed by atoms with Crippen molar-refractivity contribution in [2.24, 2.45) is 5.84 Å².